The molecule has 0 aromatic heterocycles. The molecule has 1 aliphatic carbocycles. The van der Waals surface area contributed by atoms with Gasteiger partial charge in [0.2, 0.25) is 0 Å². The Bertz CT molecular complexity index is 1650. The number of amides is 1. The first-order chi connectivity index (χ1) is 19.7. The number of nitrogens with zero attached hydrogens (tertiary/aromatic N) is 3. The van der Waals surface area contributed by atoms with E-state index in [0.717, 1.165) is 53.1 Å². The number of rotatable bonds is 6. The Hall–Kier alpha value is -4.34. The van der Waals surface area contributed by atoms with Crippen molar-refractivity contribution in [2.24, 2.45) is 4.99 Å². The van der Waals surface area contributed by atoms with Gasteiger partial charge < -0.3 is 4.74 Å². The van der Waals surface area contributed by atoms with Crippen LogP contribution >= 0.6 is 11.8 Å². The van der Waals surface area contributed by atoms with Crippen molar-refractivity contribution in [3.8, 4) is 11.8 Å². The summed E-state index contributed by atoms with van der Waals surface area (Å²) in [7, 11) is 0. The van der Waals surface area contributed by atoms with Gasteiger partial charge in [-0.1, -0.05) is 79.9 Å². The number of carbonyl (C=O) groups is 1. The van der Waals surface area contributed by atoms with Crippen molar-refractivity contribution in [3.63, 3.8) is 0 Å². The van der Waals surface area contributed by atoms with Crippen molar-refractivity contribution in [2.45, 2.75) is 44.8 Å². The van der Waals surface area contributed by atoms with Gasteiger partial charge in [0.05, 0.1) is 22.2 Å². The maximum absolute atomic E-state index is 13.7. The molecule has 6 heteroatoms. The average Bonchev–Trinajstić information content (AvgIpc) is 3.30. The van der Waals surface area contributed by atoms with Gasteiger partial charge in [-0.05, 0) is 77.3 Å². The summed E-state index contributed by atoms with van der Waals surface area (Å²) in [6.07, 6.45) is 7.47. The van der Waals surface area contributed by atoms with Crippen molar-refractivity contribution >= 4 is 45.4 Å². The smallest absolute Gasteiger partial charge is 0.267 e. The topological polar surface area (TPSA) is 65.7 Å². The molecule has 1 saturated carbocycles. The molecule has 1 heterocycles. The van der Waals surface area contributed by atoms with Crippen LogP contribution in [0.4, 0.5) is 5.69 Å². The number of nitriles is 1. The predicted octanol–water partition coefficient (Wildman–Crippen LogP) is 8.23. The summed E-state index contributed by atoms with van der Waals surface area (Å²) in [4.78, 5) is 21.3. The second-order valence-corrected chi connectivity index (χ2v) is 11.1. The van der Waals surface area contributed by atoms with Crippen LogP contribution in [0.1, 0.15) is 48.8 Å². The number of aliphatic imine (C=N–C) groups is 1. The zero-order chi connectivity index (χ0) is 27.3. The molecule has 0 atom stereocenters. The van der Waals surface area contributed by atoms with Gasteiger partial charge in [0.25, 0.3) is 5.91 Å². The van der Waals surface area contributed by atoms with Crippen molar-refractivity contribution < 1.29 is 9.53 Å². The third-order valence-electron chi connectivity index (χ3n) is 7.44. The summed E-state index contributed by atoms with van der Waals surface area (Å²) in [6, 6.07) is 32.0. The van der Waals surface area contributed by atoms with Crippen LogP contribution in [0.5, 0.6) is 5.75 Å². The maximum atomic E-state index is 13.7. The van der Waals surface area contributed by atoms with Crippen molar-refractivity contribution in [2.75, 3.05) is 0 Å². The van der Waals surface area contributed by atoms with E-state index < -0.39 is 0 Å². The van der Waals surface area contributed by atoms with Crippen LogP contribution in [0, 0.1) is 11.3 Å². The van der Waals surface area contributed by atoms with E-state index in [-0.39, 0.29) is 11.9 Å². The van der Waals surface area contributed by atoms with E-state index in [1.165, 1.54) is 23.6 Å². The first kappa shape index (κ1) is 25.9. The van der Waals surface area contributed by atoms with Crippen molar-refractivity contribution in [1.29, 1.82) is 5.26 Å². The van der Waals surface area contributed by atoms with Gasteiger partial charge in [0.15, 0.2) is 5.17 Å². The summed E-state index contributed by atoms with van der Waals surface area (Å²) < 4.78 is 5.92. The highest BCUT2D eigenvalue weighted by atomic mass is 32.2. The standard InChI is InChI=1S/C34H29N3O2S/c35-22-27-10-6-7-11-28(27)23-39-31-18-14-24(15-19-31)20-32-33(38)37(30-12-2-1-3-13-30)34(40-32)36-29-17-16-25-8-4-5-9-26(25)21-29/h4-11,14-21,30H,1-3,12-13,23H2. The molecule has 0 unspecified atom stereocenters. The molecule has 0 radical (unpaired) electrons. The fraction of sp³-hybridized carbons (Fsp3) is 0.206. The highest BCUT2D eigenvalue weighted by molar-refractivity contribution is 8.18. The second kappa shape index (κ2) is 11.8. The molecule has 4 aromatic rings. The van der Waals surface area contributed by atoms with E-state index in [4.69, 9.17) is 9.73 Å². The van der Waals surface area contributed by atoms with Crippen LogP contribution in [0.2, 0.25) is 0 Å². The Kier molecular flexibility index (Phi) is 7.65. The minimum atomic E-state index is 0.0323. The van der Waals surface area contributed by atoms with Crippen LogP contribution < -0.4 is 4.74 Å². The Morgan fingerprint density at radius 3 is 2.48 bits per heavy atom. The molecule has 6 rings (SSSR count). The normalized spacial score (nSPS) is 18.0. The van der Waals surface area contributed by atoms with E-state index in [1.807, 2.05) is 71.6 Å². The monoisotopic (exact) mass is 543 g/mol. The number of carbonyl (C=O) groups excluding carboxylic acids is 1. The molecule has 0 bridgehead atoms. The summed E-state index contributed by atoms with van der Waals surface area (Å²) in [5.41, 5.74) is 3.25. The number of ether oxygens (including phenoxy) is 1. The third-order valence-corrected chi connectivity index (χ3v) is 8.43. The molecule has 198 valence electrons. The van der Waals surface area contributed by atoms with Gasteiger partial charge >= 0.3 is 0 Å². The molecule has 2 aliphatic rings. The van der Waals surface area contributed by atoms with Crippen LogP contribution in [-0.4, -0.2) is 22.0 Å². The fourth-order valence-electron chi connectivity index (χ4n) is 5.31. The van der Waals surface area contributed by atoms with Crippen molar-refractivity contribution in [3.05, 3.63) is 113 Å². The Morgan fingerprint density at radius 2 is 1.68 bits per heavy atom. The molecule has 1 amide bonds. The van der Waals surface area contributed by atoms with Gasteiger partial charge in [-0.25, -0.2) is 4.99 Å². The number of thioether (sulfide) groups is 1. The summed E-state index contributed by atoms with van der Waals surface area (Å²) in [5.74, 6) is 0.743. The minimum Gasteiger partial charge on any atom is -0.489 e. The van der Waals surface area contributed by atoms with Crippen molar-refractivity contribution in [1.82, 2.24) is 4.90 Å². The van der Waals surface area contributed by atoms with E-state index in [2.05, 4.69) is 30.3 Å². The second-order valence-electron chi connectivity index (χ2n) is 10.1. The Morgan fingerprint density at radius 1 is 0.925 bits per heavy atom. The molecule has 5 nitrogen and oxygen atoms in total. The summed E-state index contributed by atoms with van der Waals surface area (Å²) >= 11 is 1.46. The lowest BCUT2D eigenvalue weighted by Crippen LogP contribution is -2.40. The predicted molar refractivity (Wildman–Crippen MR) is 162 cm³/mol. The molecule has 0 spiro atoms. The highest BCUT2D eigenvalue weighted by Gasteiger charge is 2.38. The van der Waals surface area contributed by atoms with Gasteiger partial charge in [0.1, 0.15) is 12.4 Å². The molecule has 1 aliphatic heterocycles. The number of amidine groups is 1. The fourth-order valence-corrected chi connectivity index (χ4v) is 6.37. The van der Waals surface area contributed by atoms with E-state index in [9.17, 15) is 10.1 Å². The van der Waals surface area contributed by atoms with E-state index in [0.29, 0.717) is 22.8 Å². The van der Waals surface area contributed by atoms with Gasteiger partial charge in [-0.2, -0.15) is 5.26 Å². The molecule has 2 fully saturated rings. The maximum Gasteiger partial charge on any atom is 0.267 e. The molecule has 4 aromatic carbocycles. The number of hydrogen-bond acceptors (Lipinski definition) is 5. The van der Waals surface area contributed by atoms with Crippen LogP contribution in [0.25, 0.3) is 16.8 Å². The Labute approximate surface area is 238 Å². The highest BCUT2D eigenvalue weighted by Crippen LogP contribution is 2.39. The summed E-state index contributed by atoms with van der Waals surface area (Å²) in [6.45, 7) is 0.323. The van der Waals surface area contributed by atoms with E-state index in [1.54, 1.807) is 6.07 Å². The van der Waals surface area contributed by atoms with Crippen LogP contribution in [0.15, 0.2) is 101 Å². The third kappa shape index (κ3) is 5.66. The zero-order valence-corrected chi connectivity index (χ0v) is 22.9. The minimum absolute atomic E-state index is 0.0323. The lowest BCUT2D eigenvalue weighted by atomic mass is 9.94. The average molecular weight is 544 g/mol. The van der Waals surface area contributed by atoms with Gasteiger partial charge in [-0.3, -0.25) is 9.69 Å². The molecule has 40 heavy (non-hydrogen) atoms. The molecular formula is C34H29N3O2S. The first-order valence-corrected chi connectivity index (χ1v) is 14.5. The van der Waals surface area contributed by atoms with Crippen LogP contribution in [-0.2, 0) is 11.4 Å². The lowest BCUT2D eigenvalue weighted by molar-refractivity contribution is -0.124. The lowest BCUT2D eigenvalue weighted by Gasteiger charge is -2.30. The first-order valence-electron chi connectivity index (χ1n) is 13.7. The zero-order valence-electron chi connectivity index (χ0n) is 22.1. The van der Waals surface area contributed by atoms with Crippen LogP contribution in [0.3, 0.4) is 0 Å². The number of fused-ring (bicyclic) bond motifs is 1. The largest absolute Gasteiger partial charge is 0.489 e. The molecule has 1 saturated heterocycles. The Balaban J connectivity index is 1.23. The molecular weight excluding hydrogens is 514 g/mol. The van der Waals surface area contributed by atoms with Gasteiger partial charge in [0, 0.05) is 11.6 Å². The molecule has 0 N–H and O–H groups in total. The van der Waals surface area contributed by atoms with E-state index >= 15 is 0 Å². The van der Waals surface area contributed by atoms with Gasteiger partial charge in [-0.15, -0.1) is 0 Å². The summed E-state index contributed by atoms with van der Waals surface area (Å²) in [5, 5.41) is 12.4. The number of benzene rings is 4. The quantitative estimate of drug-likeness (QED) is 0.230. The number of hydrogen-bond donors (Lipinski definition) is 0. The SMILES string of the molecule is N#Cc1ccccc1COc1ccc(C=C2SC(=Nc3ccc4ccccc4c3)N(C3CCCCC3)C2=O)cc1.